The topological polar surface area (TPSA) is 43.8 Å². The summed E-state index contributed by atoms with van der Waals surface area (Å²) in [6.07, 6.45) is 1.92. The molecule has 0 aliphatic carbocycles. The van der Waals surface area contributed by atoms with Crippen LogP contribution in [-0.4, -0.2) is 9.78 Å². The SMILES string of the molecule is Cc1ccc(-c2nn(CC(C)C)cc2N)cc1C. The number of benzene rings is 1. The fourth-order valence-corrected chi connectivity index (χ4v) is 2.02. The normalized spacial score (nSPS) is 11.2. The maximum Gasteiger partial charge on any atom is 0.115 e. The number of aromatic nitrogens is 2. The summed E-state index contributed by atoms with van der Waals surface area (Å²) in [7, 11) is 0. The van der Waals surface area contributed by atoms with Gasteiger partial charge < -0.3 is 5.73 Å². The van der Waals surface area contributed by atoms with Crippen LogP contribution in [0, 0.1) is 19.8 Å². The quantitative estimate of drug-likeness (QED) is 0.897. The molecule has 0 aliphatic rings. The van der Waals surface area contributed by atoms with Crippen LogP contribution in [0.5, 0.6) is 0 Å². The molecule has 2 rings (SSSR count). The van der Waals surface area contributed by atoms with Crippen molar-refractivity contribution in [1.82, 2.24) is 9.78 Å². The third-order valence-electron chi connectivity index (χ3n) is 3.12. The third-order valence-corrected chi connectivity index (χ3v) is 3.12. The molecule has 0 saturated carbocycles. The number of nitrogens with zero attached hydrogens (tertiary/aromatic N) is 2. The van der Waals surface area contributed by atoms with Crippen LogP contribution in [0.1, 0.15) is 25.0 Å². The van der Waals surface area contributed by atoms with Gasteiger partial charge in [0, 0.05) is 18.3 Å². The Balaban J connectivity index is 2.38. The van der Waals surface area contributed by atoms with Gasteiger partial charge in [-0.2, -0.15) is 5.10 Å². The van der Waals surface area contributed by atoms with Crippen molar-refractivity contribution in [3.63, 3.8) is 0 Å². The number of anilines is 1. The summed E-state index contributed by atoms with van der Waals surface area (Å²) in [6, 6.07) is 6.35. The fourth-order valence-electron chi connectivity index (χ4n) is 2.02. The zero-order valence-electron chi connectivity index (χ0n) is 11.6. The van der Waals surface area contributed by atoms with Gasteiger partial charge in [0.15, 0.2) is 0 Å². The Hall–Kier alpha value is -1.77. The summed E-state index contributed by atoms with van der Waals surface area (Å²) >= 11 is 0. The molecule has 18 heavy (non-hydrogen) atoms. The van der Waals surface area contributed by atoms with E-state index in [0.29, 0.717) is 5.92 Å². The van der Waals surface area contributed by atoms with E-state index in [1.165, 1.54) is 11.1 Å². The average molecular weight is 243 g/mol. The van der Waals surface area contributed by atoms with Crippen molar-refractivity contribution in [3.8, 4) is 11.3 Å². The van der Waals surface area contributed by atoms with Crippen LogP contribution in [0.4, 0.5) is 5.69 Å². The van der Waals surface area contributed by atoms with Gasteiger partial charge in [0.25, 0.3) is 0 Å². The van der Waals surface area contributed by atoms with Crippen molar-refractivity contribution in [1.29, 1.82) is 0 Å². The average Bonchev–Trinajstić information content (AvgIpc) is 2.62. The minimum absolute atomic E-state index is 0.567. The largest absolute Gasteiger partial charge is 0.396 e. The molecule has 2 aromatic rings. The molecule has 0 bridgehead atoms. The van der Waals surface area contributed by atoms with Crippen molar-refractivity contribution in [2.24, 2.45) is 5.92 Å². The molecule has 0 spiro atoms. The molecule has 0 aliphatic heterocycles. The van der Waals surface area contributed by atoms with Crippen molar-refractivity contribution in [3.05, 3.63) is 35.5 Å². The number of hydrogen-bond donors (Lipinski definition) is 1. The molecule has 1 heterocycles. The highest BCUT2D eigenvalue weighted by atomic mass is 15.3. The van der Waals surface area contributed by atoms with Crippen LogP contribution in [0.2, 0.25) is 0 Å². The summed E-state index contributed by atoms with van der Waals surface area (Å²) in [6.45, 7) is 9.47. The van der Waals surface area contributed by atoms with Crippen LogP contribution < -0.4 is 5.73 Å². The molecule has 0 saturated heterocycles. The number of hydrogen-bond acceptors (Lipinski definition) is 2. The van der Waals surface area contributed by atoms with Crippen LogP contribution in [-0.2, 0) is 6.54 Å². The lowest BCUT2D eigenvalue weighted by atomic mass is 10.0. The van der Waals surface area contributed by atoms with E-state index >= 15 is 0 Å². The van der Waals surface area contributed by atoms with Gasteiger partial charge in [-0.1, -0.05) is 26.0 Å². The van der Waals surface area contributed by atoms with Gasteiger partial charge in [-0.15, -0.1) is 0 Å². The van der Waals surface area contributed by atoms with Gasteiger partial charge in [0.05, 0.1) is 5.69 Å². The Labute approximate surface area is 109 Å². The Bertz CT molecular complexity index is 553. The smallest absolute Gasteiger partial charge is 0.115 e. The van der Waals surface area contributed by atoms with Gasteiger partial charge in [-0.25, -0.2) is 0 Å². The second-order valence-electron chi connectivity index (χ2n) is 5.35. The van der Waals surface area contributed by atoms with E-state index in [1.807, 2.05) is 10.9 Å². The summed E-state index contributed by atoms with van der Waals surface area (Å²) in [5.41, 5.74) is 11.3. The van der Waals surface area contributed by atoms with Crippen LogP contribution in [0.25, 0.3) is 11.3 Å². The molecule has 1 aromatic heterocycles. The van der Waals surface area contributed by atoms with Crippen molar-refractivity contribution < 1.29 is 0 Å². The standard InChI is InChI=1S/C15H21N3/c1-10(2)8-18-9-14(16)15(17-18)13-6-5-11(3)12(4)7-13/h5-7,9-10H,8,16H2,1-4H3. The van der Waals surface area contributed by atoms with E-state index in [2.05, 4.69) is 51.0 Å². The van der Waals surface area contributed by atoms with Crippen molar-refractivity contribution in [2.45, 2.75) is 34.2 Å². The molecule has 0 fully saturated rings. The Morgan fingerprint density at radius 3 is 2.56 bits per heavy atom. The summed E-state index contributed by atoms with van der Waals surface area (Å²) in [5, 5.41) is 4.58. The molecule has 1 aromatic carbocycles. The second kappa shape index (κ2) is 4.84. The molecular formula is C15H21N3. The number of nitrogen functional groups attached to an aromatic ring is 1. The maximum absolute atomic E-state index is 6.05. The number of rotatable bonds is 3. The first-order valence-electron chi connectivity index (χ1n) is 6.38. The number of aryl methyl sites for hydroxylation is 2. The van der Waals surface area contributed by atoms with Crippen LogP contribution in [0.3, 0.4) is 0 Å². The van der Waals surface area contributed by atoms with Gasteiger partial charge in [0.2, 0.25) is 0 Å². The van der Waals surface area contributed by atoms with Crippen molar-refractivity contribution >= 4 is 5.69 Å². The first kappa shape index (κ1) is 12.7. The zero-order valence-corrected chi connectivity index (χ0v) is 11.6. The van der Waals surface area contributed by atoms with Gasteiger partial charge in [-0.3, -0.25) is 4.68 Å². The highest BCUT2D eigenvalue weighted by Gasteiger charge is 2.10. The predicted molar refractivity (Wildman–Crippen MR) is 76.4 cm³/mol. The first-order valence-corrected chi connectivity index (χ1v) is 6.38. The Kier molecular flexibility index (Phi) is 3.41. The Morgan fingerprint density at radius 2 is 1.94 bits per heavy atom. The lowest BCUT2D eigenvalue weighted by molar-refractivity contribution is 0.484. The zero-order chi connectivity index (χ0) is 13.3. The Morgan fingerprint density at radius 1 is 1.22 bits per heavy atom. The first-order chi connectivity index (χ1) is 8.47. The highest BCUT2D eigenvalue weighted by Crippen LogP contribution is 2.26. The molecule has 0 radical (unpaired) electrons. The maximum atomic E-state index is 6.05. The second-order valence-corrected chi connectivity index (χ2v) is 5.35. The van der Waals surface area contributed by atoms with Gasteiger partial charge in [-0.05, 0) is 37.0 Å². The highest BCUT2D eigenvalue weighted by molar-refractivity contribution is 5.72. The van der Waals surface area contributed by atoms with Crippen LogP contribution >= 0.6 is 0 Å². The molecule has 0 atom stereocenters. The minimum Gasteiger partial charge on any atom is -0.396 e. The molecule has 96 valence electrons. The minimum atomic E-state index is 0.567. The molecule has 2 N–H and O–H groups in total. The lowest BCUT2D eigenvalue weighted by Crippen LogP contribution is -2.04. The van der Waals surface area contributed by atoms with E-state index in [0.717, 1.165) is 23.5 Å². The van der Waals surface area contributed by atoms with E-state index in [1.54, 1.807) is 0 Å². The summed E-state index contributed by atoms with van der Waals surface area (Å²) < 4.78 is 1.94. The van der Waals surface area contributed by atoms with E-state index < -0.39 is 0 Å². The summed E-state index contributed by atoms with van der Waals surface area (Å²) in [5.74, 6) is 0.567. The van der Waals surface area contributed by atoms with Crippen molar-refractivity contribution in [2.75, 3.05) is 5.73 Å². The van der Waals surface area contributed by atoms with E-state index in [9.17, 15) is 0 Å². The molecular weight excluding hydrogens is 222 g/mol. The van der Waals surface area contributed by atoms with Gasteiger partial charge >= 0.3 is 0 Å². The number of nitrogens with two attached hydrogens (primary N) is 1. The van der Waals surface area contributed by atoms with Crippen LogP contribution in [0.15, 0.2) is 24.4 Å². The molecule has 0 unspecified atom stereocenters. The molecule has 3 heteroatoms. The molecule has 3 nitrogen and oxygen atoms in total. The summed E-state index contributed by atoms with van der Waals surface area (Å²) in [4.78, 5) is 0. The van der Waals surface area contributed by atoms with E-state index in [-0.39, 0.29) is 0 Å². The predicted octanol–water partition coefficient (Wildman–Crippen LogP) is 3.41. The third kappa shape index (κ3) is 2.55. The van der Waals surface area contributed by atoms with Gasteiger partial charge in [0.1, 0.15) is 5.69 Å². The monoisotopic (exact) mass is 243 g/mol. The molecule has 0 amide bonds. The van der Waals surface area contributed by atoms with E-state index in [4.69, 9.17) is 5.73 Å². The lowest BCUT2D eigenvalue weighted by Gasteiger charge is -2.05. The fraction of sp³-hybridized carbons (Fsp3) is 0.400.